The molecule has 1 heterocycles. The van der Waals surface area contributed by atoms with Gasteiger partial charge in [0.2, 0.25) is 0 Å². The van der Waals surface area contributed by atoms with Crippen LogP contribution in [0.2, 0.25) is 0 Å². The Morgan fingerprint density at radius 1 is 1.44 bits per heavy atom. The van der Waals surface area contributed by atoms with Crippen LogP contribution in [0.1, 0.15) is 25.5 Å². The third-order valence-corrected chi connectivity index (χ3v) is 4.05. The topological polar surface area (TPSA) is 58.6 Å². The van der Waals surface area contributed by atoms with Crippen LogP contribution in [0.4, 0.5) is 4.79 Å². The van der Waals surface area contributed by atoms with Gasteiger partial charge in [-0.15, -0.1) is 0 Å². The second kappa shape index (κ2) is 4.74. The number of hydrogen-bond acceptors (Lipinski definition) is 3. The monoisotopic (exact) mass is 377 g/mol. The van der Waals surface area contributed by atoms with E-state index in [0.717, 1.165) is 4.47 Å². The Hall–Kier alpha value is -0.750. The smallest absolute Gasteiger partial charge is 0.407 e. The Morgan fingerprint density at radius 2 is 2.11 bits per heavy atom. The summed E-state index contributed by atoms with van der Waals surface area (Å²) in [6.45, 7) is 4.27. The second-order valence-electron chi connectivity index (χ2n) is 4.97. The number of cyclic esters (lactones) is 1. The fourth-order valence-electron chi connectivity index (χ4n) is 1.99. The van der Waals surface area contributed by atoms with Gasteiger partial charge in [0, 0.05) is 15.5 Å². The average molecular weight is 379 g/mol. The fraction of sp³-hybridized carbons (Fsp3) is 0.417. The predicted octanol–water partition coefficient (Wildman–Crippen LogP) is 3.72. The number of phenols is 1. The fourth-order valence-corrected chi connectivity index (χ4v) is 3.25. The van der Waals surface area contributed by atoms with Gasteiger partial charge in [0.25, 0.3) is 0 Å². The zero-order valence-corrected chi connectivity index (χ0v) is 13.1. The lowest BCUT2D eigenvalue weighted by molar-refractivity contribution is 0.0381. The van der Waals surface area contributed by atoms with Gasteiger partial charge in [0.05, 0.1) is 10.5 Å². The van der Waals surface area contributed by atoms with Gasteiger partial charge in [-0.2, -0.15) is 0 Å². The molecule has 18 heavy (non-hydrogen) atoms. The number of carbonyl (C=O) groups excluding carboxylic acids is 1. The zero-order chi connectivity index (χ0) is 13.5. The number of hydrogen-bond donors (Lipinski definition) is 2. The number of benzene rings is 1. The van der Waals surface area contributed by atoms with Crippen molar-refractivity contribution in [2.75, 3.05) is 6.61 Å². The summed E-state index contributed by atoms with van der Waals surface area (Å²) in [6, 6.07) is 3.26. The molecule has 2 N–H and O–H groups in total. The molecule has 0 unspecified atom stereocenters. The van der Waals surface area contributed by atoms with E-state index in [0.29, 0.717) is 16.6 Å². The van der Waals surface area contributed by atoms with Crippen molar-refractivity contribution < 1.29 is 14.6 Å². The summed E-state index contributed by atoms with van der Waals surface area (Å²) < 4.78 is 6.41. The highest BCUT2D eigenvalue weighted by atomic mass is 79.9. The lowest BCUT2D eigenvalue weighted by Gasteiger charge is -2.38. The molecule has 2 rings (SSSR count). The van der Waals surface area contributed by atoms with Crippen molar-refractivity contribution in [3.05, 3.63) is 26.6 Å². The van der Waals surface area contributed by atoms with E-state index < -0.39 is 6.09 Å². The first-order chi connectivity index (χ1) is 8.31. The standard InChI is InChI=1S/C12H13Br2NO3/c1-12(2)5-18-11(17)15-10(12)7-3-6(13)4-8(14)9(7)16/h3-4,10,16H,5H2,1-2H3,(H,15,17)/t10-/m0/s1. The molecule has 1 aliphatic heterocycles. The maximum atomic E-state index is 11.4. The number of rotatable bonds is 1. The van der Waals surface area contributed by atoms with Crippen LogP contribution >= 0.6 is 31.9 Å². The Morgan fingerprint density at radius 3 is 2.78 bits per heavy atom. The van der Waals surface area contributed by atoms with Crippen LogP contribution in [0.3, 0.4) is 0 Å². The van der Waals surface area contributed by atoms with E-state index in [1.807, 2.05) is 13.8 Å². The van der Waals surface area contributed by atoms with Crippen LogP contribution in [0, 0.1) is 5.41 Å². The minimum atomic E-state index is -0.463. The quantitative estimate of drug-likeness (QED) is 0.782. The molecule has 98 valence electrons. The third-order valence-electron chi connectivity index (χ3n) is 2.99. The minimum Gasteiger partial charge on any atom is -0.506 e. The molecule has 6 heteroatoms. The normalized spacial score (nSPS) is 22.2. The number of phenolic OH excluding ortho intramolecular Hbond substituents is 1. The van der Waals surface area contributed by atoms with Crippen LogP contribution in [-0.4, -0.2) is 17.8 Å². The van der Waals surface area contributed by atoms with Crippen LogP contribution in [0.25, 0.3) is 0 Å². The predicted molar refractivity (Wildman–Crippen MR) is 74.5 cm³/mol. The highest BCUT2D eigenvalue weighted by Crippen LogP contribution is 2.43. The van der Waals surface area contributed by atoms with Crippen molar-refractivity contribution in [1.82, 2.24) is 5.32 Å². The number of amides is 1. The third kappa shape index (κ3) is 2.49. The molecule has 1 saturated heterocycles. The first-order valence-corrected chi connectivity index (χ1v) is 7.01. The van der Waals surface area contributed by atoms with E-state index in [1.54, 1.807) is 12.1 Å². The molecule has 4 nitrogen and oxygen atoms in total. The van der Waals surface area contributed by atoms with E-state index in [1.165, 1.54) is 0 Å². The molecule has 0 aromatic heterocycles. The minimum absolute atomic E-state index is 0.137. The van der Waals surface area contributed by atoms with E-state index >= 15 is 0 Å². The molecule has 1 aliphatic rings. The van der Waals surface area contributed by atoms with E-state index in [2.05, 4.69) is 37.2 Å². The van der Waals surface area contributed by atoms with Gasteiger partial charge in [-0.05, 0) is 28.1 Å². The molecule has 0 bridgehead atoms. The van der Waals surface area contributed by atoms with Crippen molar-refractivity contribution in [3.63, 3.8) is 0 Å². The second-order valence-corrected chi connectivity index (χ2v) is 6.74. The molecule has 1 amide bonds. The Balaban J connectivity index is 2.49. The number of carbonyl (C=O) groups is 1. The summed E-state index contributed by atoms with van der Waals surface area (Å²) >= 11 is 6.67. The van der Waals surface area contributed by atoms with Gasteiger partial charge in [-0.3, -0.25) is 0 Å². The molecule has 1 aromatic rings. The molecule has 0 radical (unpaired) electrons. The molecule has 0 aliphatic carbocycles. The van der Waals surface area contributed by atoms with Crippen LogP contribution in [0.15, 0.2) is 21.1 Å². The summed E-state index contributed by atoms with van der Waals surface area (Å²) in [5.74, 6) is 0.137. The summed E-state index contributed by atoms with van der Waals surface area (Å²) in [5, 5.41) is 12.9. The van der Waals surface area contributed by atoms with Crippen molar-refractivity contribution >= 4 is 38.0 Å². The van der Waals surface area contributed by atoms with Gasteiger partial charge in [0.15, 0.2) is 0 Å². The number of alkyl carbamates (subject to hydrolysis) is 1. The SMILES string of the molecule is CC1(C)COC(=O)N[C@H]1c1cc(Br)cc(Br)c1O. The lowest BCUT2D eigenvalue weighted by atomic mass is 9.80. The van der Waals surface area contributed by atoms with Gasteiger partial charge in [-0.25, -0.2) is 4.79 Å². The first kappa shape index (κ1) is 13.7. The van der Waals surface area contributed by atoms with Crippen molar-refractivity contribution in [2.45, 2.75) is 19.9 Å². The number of halogens is 2. The van der Waals surface area contributed by atoms with Gasteiger partial charge < -0.3 is 15.2 Å². The summed E-state index contributed by atoms with van der Waals surface area (Å²) in [5.41, 5.74) is 0.365. The summed E-state index contributed by atoms with van der Waals surface area (Å²) in [6.07, 6.45) is -0.463. The lowest BCUT2D eigenvalue weighted by Crippen LogP contribution is -2.46. The van der Waals surface area contributed by atoms with E-state index in [9.17, 15) is 9.90 Å². The Kier molecular flexibility index (Phi) is 3.60. The highest BCUT2D eigenvalue weighted by Gasteiger charge is 2.39. The van der Waals surface area contributed by atoms with E-state index in [4.69, 9.17) is 4.74 Å². The largest absolute Gasteiger partial charge is 0.506 e. The summed E-state index contributed by atoms with van der Waals surface area (Å²) in [4.78, 5) is 11.4. The number of aromatic hydroxyl groups is 1. The maximum absolute atomic E-state index is 11.4. The zero-order valence-electron chi connectivity index (χ0n) is 9.96. The summed E-state index contributed by atoms with van der Waals surface area (Å²) in [7, 11) is 0. The average Bonchev–Trinajstić information content (AvgIpc) is 2.27. The maximum Gasteiger partial charge on any atom is 0.407 e. The molecule has 1 fully saturated rings. The van der Waals surface area contributed by atoms with Crippen molar-refractivity contribution in [2.24, 2.45) is 5.41 Å². The molecule has 0 saturated carbocycles. The first-order valence-electron chi connectivity index (χ1n) is 5.42. The van der Waals surface area contributed by atoms with Gasteiger partial charge in [0.1, 0.15) is 12.4 Å². The van der Waals surface area contributed by atoms with Crippen molar-refractivity contribution in [1.29, 1.82) is 0 Å². The van der Waals surface area contributed by atoms with Gasteiger partial charge in [-0.1, -0.05) is 29.8 Å². The molecule has 0 spiro atoms. The van der Waals surface area contributed by atoms with Gasteiger partial charge >= 0.3 is 6.09 Å². The Labute approximate surface area is 122 Å². The van der Waals surface area contributed by atoms with E-state index in [-0.39, 0.29) is 17.2 Å². The molecule has 1 atom stereocenters. The van der Waals surface area contributed by atoms with Crippen LogP contribution in [-0.2, 0) is 4.74 Å². The molecule has 1 aromatic carbocycles. The Bertz CT molecular complexity index is 502. The van der Waals surface area contributed by atoms with Crippen LogP contribution < -0.4 is 5.32 Å². The highest BCUT2D eigenvalue weighted by molar-refractivity contribution is 9.11. The number of nitrogens with one attached hydrogen (secondary N) is 1. The molecular formula is C12H13Br2NO3. The number of ether oxygens (including phenoxy) is 1. The molecular weight excluding hydrogens is 366 g/mol. The van der Waals surface area contributed by atoms with Crippen LogP contribution in [0.5, 0.6) is 5.75 Å². The van der Waals surface area contributed by atoms with Crippen molar-refractivity contribution in [3.8, 4) is 5.75 Å².